The van der Waals surface area contributed by atoms with Crippen LogP contribution < -0.4 is 10.6 Å². The highest BCUT2D eigenvalue weighted by atomic mass is 35.5. The van der Waals surface area contributed by atoms with Crippen molar-refractivity contribution in [1.82, 2.24) is 20.2 Å². The molecule has 24 heavy (non-hydrogen) atoms. The van der Waals surface area contributed by atoms with Crippen molar-refractivity contribution in [3.8, 4) is 5.69 Å². The van der Waals surface area contributed by atoms with Gasteiger partial charge in [0.1, 0.15) is 5.82 Å². The molecule has 1 aromatic heterocycles. The van der Waals surface area contributed by atoms with Crippen LogP contribution in [0.3, 0.4) is 0 Å². The number of rotatable bonds is 7. The average molecular weight is 375 g/mol. The van der Waals surface area contributed by atoms with Gasteiger partial charge < -0.3 is 15.2 Å². The lowest BCUT2D eigenvalue weighted by Gasteiger charge is -2.09. The summed E-state index contributed by atoms with van der Waals surface area (Å²) in [6.07, 6.45) is 7.35. The molecule has 2 N–H and O–H groups in total. The first kappa shape index (κ1) is 20.4. The van der Waals surface area contributed by atoms with Gasteiger partial charge in [-0.15, -0.1) is 24.8 Å². The van der Waals surface area contributed by atoms with Crippen LogP contribution in [0.2, 0.25) is 0 Å². The van der Waals surface area contributed by atoms with Crippen LogP contribution in [0.4, 0.5) is 4.39 Å². The maximum absolute atomic E-state index is 14.1. The first-order valence-corrected chi connectivity index (χ1v) is 7.46. The van der Waals surface area contributed by atoms with E-state index >= 15 is 0 Å². The fraction of sp³-hybridized carbons (Fsp3) is 0.375. The van der Waals surface area contributed by atoms with Gasteiger partial charge in [-0.3, -0.25) is 4.79 Å². The lowest BCUT2D eigenvalue weighted by molar-refractivity contribution is -0.120. The number of amides is 1. The minimum Gasteiger partial charge on any atom is -0.351 e. The van der Waals surface area contributed by atoms with E-state index in [0.717, 1.165) is 18.0 Å². The summed E-state index contributed by atoms with van der Waals surface area (Å²) in [5, 5.41) is 5.91. The first-order valence-electron chi connectivity index (χ1n) is 7.46. The molecule has 8 heteroatoms. The van der Waals surface area contributed by atoms with Crippen LogP contribution in [-0.2, 0) is 11.3 Å². The molecule has 0 spiro atoms. The standard InChI is InChI=1S/C16H19FN4O.2ClH/c17-14-7-13(3-4-15(14)21-6-5-18-11-21)9-20-16(22)10-19-8-12-1-2-12;;/h3-7,11-12,19H,1-2,8-10H2,(H,20,22);2*1H. The molecule has 1 aromatic carbocycles. The number of nitrogens with zero attached hydrogens (tertiary/aromatic N) is 2. The van der Waals surface area contributed by atoms with Crippen LogP contribution in [0.25, 0.3) is 5.69 Å². The predicted molar refractivity (Wildman–Crippen MR) is 95.5 cm³/mol. The molecule has 1 heterocycles. The Hall–Kier alpha value is -1.63. The number of nitrogens with one attached hydrogen (secondary N) is 2. The molecule has 1 aliphatic rings. The summed E-state index contributed by atoms with van der Waals surface area (Å²) in [5.41, 5.74) is 1.18. The average Bonchev–Trinajstić information content (AvgIpc) is 3.17. The maximum Gasteiger partial charge on any atom is 0.234 e. The van der Waals surface area contributed by atoms with Gasteiger partial charge in [0.15, 0.2) is 0 Å². The van der Waals surface area contributed by atoms with Gasteiger partial charge >= 0.3 is 0 Å². The van der Waals surface area contributed by atoms with Crippen LogP contribution in [0.1, 0.15) is 18.4 Å². The highest BCUT2D eigenvalue weighted by molar-refractivity contribution is 5.85. The molecule has 5 nitrogen and oxygen atoms in total. The van der Waals surface area contributed by atoms with E-state index in [1.54, 1.807) is 35.4 Å². The largest absolute Gasteiger partial charge is 0.351 e. The quantitative estimate of drug-likeness (QED) is 0.782. The number of aromatic nitrogens is 2. The number of carbonyl (C=O) groups is 1. The van der Waals surface area contributed by atoms with E-state index in [2.05, 4.69) is 15.6 Å². The Morgan fingerprint density at radius 3 is 2.75 bits per heavy atom. The minimum absolute atomic E-state index is 0. The fourth-order valence-electron chi connectivity index (χ4n) is 2.25. The summed E-state index contributed by atoms with van der Waals surface area (Å²) in [6, 6.07) is 4.92. The predicted octanol–water partition coefficient (Wildman–Crippen LogP) is 2.47. The Labute approximate surface area is 152 Å². The highest BCUT2D eigenvalue weighted by Crippen LogP contribution is 2.27. The monoisotopic (exact) mass is 374 g/mol. The zero-order chi connectivity index (χ0) is 15.4. The number of carbonyl (C=O) groups excluding carboxylic acids is 1. The number of halogens is 3. The Kier molecular flexibility index (Phi) is 8.18. The number of hydrogen-bond donors (Lipinski definition) is 2. The van der Waals surface area contributed by atoms with Gasteiger partial charge in [-0.25, -0.2) is 9.37 Å². The third kappa shape index (κ3) is 5.78. The Bertz CT molecular complexity index is 648. The van der Waals surface area contributed by atoms with Gasteiger partial charge in [-0.1, -0.05) is 6.07 Å². The highest BCUT2D eigenvalue weighted by Gasteiger charge is 2.20. The van der Waals surface area contributed by atoms with Crippen molar-refractivity contribution in [2.45, 2.75) is 19.4 Å². The Morgan fingerprint density at radius 2 is 2.12 bits per heavy atom. The molecule has 0 radical (unpaired) electrons. The fourth-order valence-corrected chi connectivity index (χ4v) is 2.25. The molecular weight excluding hydrogens is 354 g/mol. The topological polar surface area (TPSA) is 59.0 Å². The van der Waals surface area contributed by atoms with E-state index in [1.807, 2.05) is 0 Å². The first-order chi connectivity index (χ1) is 10.7. The molecule has 0 atom stereocenters. The minimum atomic E-state index is -0.336. The molecule has 1 amide bonds. The molecule has 0 unspecified atom stereocenters. The zero-order valence-electron chi connectivity index (χ0n) is 13.1. The second kappa shape index (κ2) is 9.61. The smallest absolute Gasteiger partial charge is 0.234 e. The lowest BCUT2D eigenvalue weighted by Crippen LogP contribution is -2.34. The molecule has 1 fully saturated rings. The van der Waals surface area contributed by atoms with Crippen molar-refractivity contribution < 1.29 is 9.18 Å². The third-order valence-electron chi connectivity index (χ3n) is 3.70. The van der Waals surface area contributed by atoms with E-state index < -0.39 is 0 Å². The van der Waals surface area contributed by atoms with Crippen molar-refractivity contribution in [2.24, 2.45) is 5.92 Å². The van der Waals surface area contributed by atoms with Gasteiger partial charge in [-0.05, 0) is 43.0 Å². The van der Waals surface area contributed by atoms with Crippen LogP contribution in [0.5, 0.6) is 0 Å². The van der Waals surface area contributed by atoms with Gasteiger partial charge in [0.05, 0.1) is 18.6 Å². The summed E-state index contributed by atoms with van der Waals surface area (Å²) in [6.45, 7) is 1.54. The summed E-state index contributed by atoms with van der Waals surface area (Å²) >= 11 is 0. The van der Waals surface area contributed by atoms with E-state index in [0.29, 0.717) is 18.8 Å². The van der Waals surface area contributed by atoms with E-state index in [4.69, 9.17) is 0 Å². The molecule has 1 saturated carbocycles. The zero-order valence-corrected chi connectivity index (χ0v) is 14.7. The third-order valence-corrected chi connectivity index (χ3v) is 3.70. The van der Waals surface area contributed by atoms with Gasteiger partial charge in [-0.2, -0.15) is 0 Å². The summed E-state index contributed by atoms with van der Waals surface area (Å²) in [5.74, 6) is 0.342. The van der Waals surface area contributed by atoms with E-state index in [9.17, 15) is 9.18 Å². The number of imidazole rings is 1. The molecule has 0 bridgehead atoms. The summed E-state index contributed by atoms with van der Waals surface area (Å²) < 4.78 is 15.7. The summed E-state index contributed by atoms with van der Waals surface area (Å²) in [7, 11) is 0. The van der Waals surface area contributed by atoms with E-state index in [-0.39, 0.29) is 36.5 Å². The molecule has 2 aromatic rings. The maximum atomic E-state index is 14.1. The SMILES string of the molecule is Cl.Cl.O=C(CNCC1CC1)NCc1ccc(-n2ccnc2)c(F)c1. The number of hydrogen-bond acceptors (Lipinski definition) is 3. The summed E-state index contributed by atoms with van der Waals surface area (Å²) in [4.78, 5) is 15.6. The molecule has 0 aliphatic heterocycles. The van der Waals surface area contributed by atoms with Crippen LogP contribution >= 0.6 is 24.8 Å². The second-order valence-electron chi connectivity index (χ2n) is 5.61. The van der Waals surface area contributed by atoms with Crippen molar-refractivity contribution >= 4 is 30.7 Å². The van der Waals surface area contributed by atoms with Crippen LogP contribution in [0, 0.1) is 11.7 Å². The molecule has 132 valence electrons. The Morgan fingerprint density at radius 1 is 1.33 bits per heavy atom. The second-order valence-corrected chi connectivity index (χ2v) is 5.61. The van der Waals surface area contributed by atoms with Gasteiger partial charge in [0, 0.05) is 18.9 Å². The normalized spacial score (nSPS) is 12.9. The van der Waals surface area contributed by atoms with Crippen molar-refractivity contribution in [3.05, 3.63) is 48.3 Å². The van der Waals surface area contributed by atoms with Crippen molar-refractivity contribution in [1.29, 1.82) is 0 Å². The Balaban J connectivity index is 0.00000144. The molecule has 1 aliphatic carbocycles. The van der Waals surface area contributed by atoms with E-state index in [1.165, 1.54) is 18.9 Å². The van der Waals surface area contributed by atoms with Crippen molar-refractivity contribution in [3.63, 3.8) is 0 Å². The van der Waals surface area contributed by atoms with Crippen LogP contribution in [-0.4, -0.2) is 28.5 Å². The van der Waals surface area contributed by atoms with Gasteiger partial charge in [0.2, 0.25) is 5.91 Å². The van der Waals surface area contributed by atoms with Gasteiger partial charge in [0.25, 0.3) is 0 Å². The van der Waals surface area contributed by atoms with Crippen LogP contribution in [0.15, 0.2) is 36.9 Å². The molecule has 0 saturated heterocycles. The molecular formula is C16H21Cl2FN4O. The lowest BCUT2D eigenvalue weighted by atomic mass is 10.2. The molecule has 3 rings (SSSR count). The van der Waals surface area contributed by atoms with Crippen molar-refractivity contribution in [2.75, 3.05) is 13.1 Å². The number of benzene rings is 1.